The summed E-state index contributed by atoms with van der Waals surface area (Å²) in [7, 11) is 0. The summed E-state index contributed by atoms with van der Waals surface area (Å²) in [6, 6.07) is 12.5. The second-order valence-electron chi connectivity index (χ2n) is 5.17. The summed E-state index contributed by atoms with van der Waals surface area (Å²) in [5, 5.41) is 11.3. The van der Waals surface area contributed by atoms with Crippen molar-refractivity contribution in [3.8, 4) is 5.75 Å². The monoisotopic (exact) mass is 406 g/mol. The minimum absolute atomic E-state index is 0.110. The Labute approximate surface area is 163 Å². The Bertz CT molecular complexity index is 1050. The molecule has 0 spiro atoms. The molecule has 0 radical (unpaired) electrons. The van der Waals surface area contributed by atoms with E-state index in [1.54, 1.807) is 18.2 Å². The van der Waals surface area contributed by atoms with Crippen LogP contribution >= 0.6 is 35.4 Å². The molecule has 26 heavy (non-hydrogen) atoms. The molecule has 1 heterocycles. The lowest BCUT2D eigenvalue weighted by Crippen LogP contribution is -2.18. The van der Waals surface area contributed by atoms with E-state index in [2.05, 4.69) is 15.3 Å². The van der Waals surface area contributed by atoms with E-state index >= 15 is 0 Å². The number of nitrogens with one attached hydrogen (secondary N) is 1. The molecule has 0 saturated carbocycles. The van der Waals surface area contributed by atoms with Gasteiger partial charge in [0.05, 0.1) is 6.21 Å². The van der Waals surface area contributed by atoms with Crippen molar-refractivity contribution in [3.63, 3.8) is 0 Å². The minimum Gasteiger partial charge on any atom is -0.489 e. The zero-order chi connectivity index (χ0) is 18.5. The highest BCUT2D eigenvalue weighted by molar-refractivity contribution is 7.71. The van der Waals surface area contributed by atoms with Crippen molar-refractivity contribution in [2.75, 3.05) is 0 Å². The minimum atomic E-state index is -0.421. The highest BCUT2D eigenvalue weighted by Gasteiger charge is 2.03. The van der Waals surface area contributed by atoms with E-state index in [-0.39, 0.29) is 4.77 Å². The van der Waals surface area contributed by atoms with Crippen molar-refractivity contribution >= 4 is 41.6 Å². The SMILES string of the molecule is O=c1cn[nH]c(=S)n1/N=C/c1cccc(OCc2ccc(Cl)cc2Cl)c1. The number of H-pyrrole nitrogens is 1. The summed E-state index contributed by atoms with van der Waals surface area (Å²) in [4.78, 5) is 11.7. The van der Waals surface area contributed by atoms with E-state index in [4.69, 9.17) is 40.2 Å². The Morgan fingerprint density at radius 3 is 2.88 bits per heavy atom. The number of halogens is 2. The first-order valence-corrected chi connectivity index (χ1v) is 8.57. The molecule has 0 aliphatic heterocycles. The van der Waals surface area contributed by atoms with Gasteiger partial charge in [0, 0.05) is 15.6 Å². The molecule has 1 aromatic heterocycles. The first-order valence-electron chi connectivity index (χ1n) is 7.41. The van der Waals surface area contributed by atoms with Gasteiger partial charge in [0.25, 0.3) is 5.56 Å². The van der Waals surface area contributed by atoms with Crippen LogP contribution in [0.15, 0.2) is 58.6 Å². The van der Waals surface area contributed by atoms with Gasteiger partial charge in [0.15, 0.2) is 0 Å². The zero-order valence-corrected chi connectivity index (χ0v) is 15.6. The van der Waals surface area contributed by atoms with Crippen molar-refractivity contribution in [1.29, 1.82) is 0 Å². The lowest BCUT2D eigenvalue weighted by molar-refractivity contribution is 0.306. The Morgan fingerprint density at radius 2 is 2.12 bits per heavy atom. The summed E-state index contributed by atoms with van der Waals surface area (Å²) in [5.41, 5.74) is 1.14. The first kappa shape index (κ1) is 18.3. The third-order valence-corrected chi connectivity index (χ3v) is 4.18. The quantitative estimate of drug-likeness (QED) is 0.511. The molecule has 1 N–H and O–H groups in total. The molecule has 3 aromatic rings. The maximum Gasteiger partial charge on any atom is 0.293 e. The molecule has 2 aromatic carbocycles. The van der Waals surface area contributed by atoms with E-state index in [1.807, 2.05) is 24.3 Å². The van der Waals surface area contributed by atoms with Crippen molar-refractivity contribution in [2.24, 2.45) is 5.10 Å². The number of aromatic nitrogens is 3. The fraction of sp³-hybridized carbons (Fsp3) is 0.0588. The van der Waals surface area contributed by atoms with Gasteiger partial charge in [-0.25, -0.2) is 0 Å². The molecule has 6 nitrogen and oxygen atoms in total. The summed E-state index contributed by atoms with van der Waals surface area (Å²) in [6.45, 7) is 0.297. The van der Waals surface area contributed by atoms with E-state index in [0.717, 1.165) is 22.0 Å². The van der Waals surface area contributed by atoms with E-state index in [1.165, 1.54) is 6.21 Å². The predicted molar refractivity (Wildman–Crippen MR) is 104 cm³/mol. The van der Waals surface area contributed by atoms with Gasteiger partial charge in [-0.15, -0.1) is 0 Å². The van der Waals surface area contributed by atoms with Crippen LogP contribution in [0.3, 0.4) is 0 Å². The van der Waals surface area contributed by atoms with Crippen LogP contribution in [0.2, 0.25) is 10.0 Å². The van der Waals surface area contributed by atoms with E-state index < -0.39 is 5.56 Å². The third-order valence-electron chi connectivity index (χ3n) is 3.33. The average molecular weight is 407 g/mol. The van der Waals surface area contributed by atoms with E-state index in [9.17, 15) is 4.79 Å². The summed E-state index contributed by atoms with van der Waals surface area (Å²) < 4.78 is 6.91. The van der Waals surface area contributed by atoms with Crippen LogP contribution in [0.4, 0.5) is 0 Å². The number of rotatable bonds is 5. The fourth-order valence-corrected chi connectivity index (χ4v) is 2.72. The van der Waals surface area contributed by atoms with Crippen molar-refractivity contribution < 1.29 is 4.74 Å². The number of benzene rings is 2. The highest BCUT2D eigenvalue weighted by Crippen LogP contribution is 2.23. The Hall–Kier alpha value is -2.48. The maximum absolute atomic E-state index is 11.7. The molecule has 0 atom stereocenters. The van der Waals surface area contributed by atoms with Crippen LogP contribution < -0.4 is 10.3 Å². The molecular formula is C17H12Cl2N4O2S. The highest BCUT2D eigenvalue weighted by atomic mass is 35.5. The zero-order valence-electron chi connectivity index (χ0n) is 13.2. The van der Waals surface area contributed by atoms with Crippen molar-refractivity contribution in [1.82, 2.24) is 14.9 Å². The van der Waals surface area contributed by atoms with Gasteiger partial charge in [0.1, 0.15) is 18.6 Å². The van der Waals surface area contributed by atoms with Crippen LogP contribution in [0.5, 0.6) is 5.75 Å². The molecule has 0 bridgehead atoms. The van der Waals surface area contributed by atoms with Crippen LogP contribution in [0.1, 0.15) is 11.1 Å². The van der Waals surface area contributed by atoms with Crippen LogP contribution in [-0.4, -0.2) is 21.1 Å². The average Bonchev–Trinajstić information content (AvgIpc) is 2.61. The standard InChI is InChI=1S/C17H12Cl2N4O2S/c18-13-5-4-12(15(19)7-13)10-25-14-3-1-2-11(6-14)8-21-23-16(24)9-20-22-17(23)26/h1-9H,10H2,(H,22,26)/b21-8+. The van der Waals surface area contributed by atoms with Gasteiger partial charge in [-0.1, -0.05) is 41.4 Å². The van der Waals surface area contributed by atoms with Crippen molar-refractivity contribution in [3.05, 3.63) is 85.0 Å². The summed E-state index contributed by atoms with van der Waals surface area (Å²) in [6.07, 6.45) is 2.61. The number of nitrogens with zero attached hydrogens (tertiary/aromatic N) is 3. The van der Waals surface area contributed by atoms with Gasteiger partial charge in [-0.2, -0.15) is 14.9 Å². The Balaban J connectivity index is 1.75. The smallest absolute Gasteiger partial charge is 0.293 e. The molecule has 0 amide bonds. The second-order valence-corrected chi connectivity index (χ2v) is 6.40. The van der Waals surface area contributed by atoms with Gasteiger partial charge >= 0.3 is 0 Å². The van der Waals surface area contributed by atoms with Gasteiger partial charge in [-0.3, -0.25) is 9.89 Å². The number of ether oxygens (including phenoxy) is 1. The topological polar surface area (TPSA) is 72.3 Å². The first-order chi connectivity index (χ1) is 12.5. The van der Waals surface area contributed by atoms with Crippen LogP contribution in [0.25, 0.3) is 0 Å². The third kappa shape index (κ3) is 4.57. The number of aromatic amines is 1. The fourth-order valence-electron chi connectivity index (χ4n) is 2.06. The molecule has 0 saturated heterocycles. The molecule has 0 aliphatic rings. The summed E-state index contributed by atoms with van der Waals surface area (Å²) in [5.74, 6) is 0.632. The predicted octanol–water partition coefficient (Wildman–Crippen LogP) is 4.07. The molecule has 0 unspecified atom stereocenters. The number of hydrogen-bond donors (Lipinski definition) is 1. The molecule has 132 valence electrons. The molecular weight excluding hydrogens is 395 g/mol. The molecule has 9 heteroatoms. The number of hydrogen-bond acceptors (Lipinski definition) is 5. The Kier molecular flexibility index (Phi) is 5.82. The molecule has 0 fully saturated rings. The van der Waals surface area contributed by atoms with Gasteiger partial charge in [0.2, 0.25) is 4.77 Å². The van der Waals surface area contributed by atoms with E-state index in [0.29, 0.717) is 22.4 Å². The van der Waals surface area contributed by atoms with Crippen LogP contribution in [-0.2, 0) is 6.61 Å². The lowest BCUT2D eigenvalue weighted by Gasteiger charge is -2.08. The molecule has 3 rings (SSSR count). The van der Waals surface area contributed by atoms with Gasteiger partial charge < -0.3 is 4.74 Å². The largest absolute Gasteiger partial charge is 0.489 e. The normalized spacial score (nSPS) is 11.0. The summed E-state index contributed by atoms with van der Waals surface area (Å²) >= 11 is 17.0. The Morgan fingerprint density at radius 1 is 1.27 bits per heavy atom. The maximum atomic E-state index is 11.7. The van der Waals surface area contributed by atoms with Crippen LogP contribution in [0, 0.1) is 4.77 Å². The molecule has 0 aliphatic carbocycles. The van der Waals surface area contributed by atoms with Crippen molar-refractivity contribution in [2.45, 2.75) is 6.61 Å². The lowest BCUT2D eigenvalue weighted by atomic mass is 10.2. The second kappa shape index (κ2) is 8.27. The van der Waals surface area contributed by atoms with Gasteiger partial charge in [-0.05, 0) is 42.0 Å².